The number of aromatic amines is 1. The molecule has 1 aromatic carbocycles. The monoisotopic (exact) mass is 527 g/mol. The van der Waals surface area contributed by atoms with Crippen LogP contribution in [0, 0.1) is 11.7 Å². The molecule has 2 aliphatic carbocycles. The number of fused-ring (bicyclic) bond motifs is 2. The fraction of sp³-hybridized carbons (Fsp3) is 0.423. The summed E-state index contributed by atoms with van der Waals surface area (Å²) in [4.78, 5) is 12.1. The lowest BCUT2D eigenvalue weighted by Gasteiger charge is -2.39. The molecular weight excluding hydrogens is 500 g/mol. The molecule has 37 heavy (non-hydrogen) atoms. The average Bonchev–Trinajstić information content (AvgIpc) is 3.24. The van der Waals surface area contributed by atoms with Gasteiger partial charge in [0.05, 0.1) is 33.9 Å². The number of carbonyl (C=O) groups excluding carboxylic acids is 1. The topological polar surface area (TPSA) is 99.1 Å². The van der Waals surface area contributed by atoms with Crippen LogP contribution in [0.1, 0.15) is 39.0 Å². The van der Waals surface area contributed by atoms with E-state index >= 15 is 4.39 Å². The van der Waals surface area contributed by atoms with Crippen molar-refractivity contribution in [2.24, 2.45) is 5.92 Å². The number of amides is 1. The highest BCUT2D eigenvalue weighted by Gasteiger charge is 2.43. The van der Waals surface area contributed by atoms with Crippen molar-refractivity contribution in [1.82, 2.24) is 25.1 Å². The Morgan fingerprint density at radius 2 is 2.05 bits per heavy atom. The summed E-state index contributed by atoms with van der Waals surface area (Å²) in [7, 11) is 1.97. The molecule has 0 unspecified atom stereocenters. The molecule has 2 atom stereocenters. The predicted octanol–water partition coefficient (Wildman–Crippen LogP) is 5.30. The van der Waals surface area contributed by atoms with Crippen molar-refractivity contribution in [3.05, 3.63) is 41.4 Å². The molecule has 3 aromatic heterocycles. The first kappa shape index (κ1) is 24.1. The lowest BCUT2D eigenvalue weighted by Crippen LogP contribution is -2.43. The number of alkyl halides is 1. The normalized spacial score (nSPS) is 25.5. The first-order chi connectivity index (χ1) is 17.8. The van der Waals surface area contributed by atoms with Crippen molar-refractivity contribution >= 4 is 45.4 Å². The summed E-state index contributed by atoms with van der Waals surface area (Å²) in [5, 5.41) is 21.6. The zero-order chi connectivity index (χ0) is 25.9. The van der Waals surface area contributed by atoms with Crippen LogP contribution < -0.4 is 16.0 Å². The summed E-state index contributed by atoms with van der Waals surface area (Å²) in [5.41, 5.74) is 2.49. The van der Waals surface area contributed by atoms with Gasteiger partial charge in [0.25, 0.3) is 0 Å². The SMILES string of the molecule is CNC1CCC(C)(Nc2c(F)c(Cl)c(-c3ccn4nc(NC(=O)[C@@H]5C[C@@H]5F)cc4c3)c3cn[nH]c23)CC1. The van der Waals surface area contributed by atoms with Gasteiger partial charge >= 0.3 is 0 Å². The number of rotatable bonds is 6. The second-order valence-corrected chi connectivity index (χ2v) is 10.8. The van der Waals surface area contributed by atoms with Gasteiger partial charge < -0.3 is 16.0 Å². The third-order valence-electron chi connectivity index (χ3n) is 7.77. The number of H-pyrrole nitrogens is 1. The molecule has 0 saturated heterocycles. The lowest BCUT2D eigenvalue weighted by atomic mass is 9.80. The van der Waals surface area contributed by atoms with E-state index in [4.69, 9.17) is 11.6 Å². The average molecular weight is 528 g/mol. The van der Waals surface area contributed by atoms with E-state index in [2.05, 4.69) is 38.2 Å². The zero-order valence-corrected chi connectivity index (χ0v) is 21.3. The Hall–Kier alpha value is -3.24. The number of carbonyl (C=O) groups is 1. The van der Waals surface area contributed by atoms with E-state index in [1.807, 2.05) is 13.1 Å². The summed E-state index contributed by atoms with van der Waals surface area (Å²) in [6.45, 7) is 2.11. The number of aromatic nitrogens is 4. The molecule has 11 heteroatoms. The Balaban J connectivity index is 1.34. The number of nitrogens with one attached hydrogen (secondary N) is 4. The van der Waals surface area contributed by atoms with Gasteiger partial charge in [0, 0.05) is 34.8 Å². The van der Waals surface area contributed by atoms with Crippen LogP contribution in [0.5, 0.6) is 0 Å². The second kappa shape index (κ2) is 8.95. The van der Waals surface area contributed by atoms with Gasteiger partial charge in [-0.05, 0) is 63.8 Å². The minimum atomic E-state index is -1.08. The zero-order valence-electron chi connectivity index (χ0n) is 20.5. The molecule has 2 fully saturated rings. The fourth-order valence-corrected chi connectivity index (χ4v) is 5.65. The van der Waals surface area contributed by atoms with Crippen LogP contribution in [0.3, 0.4) is 0 Å². The van der Waals surface area contributed by atoms with Crippen LogP contribution in [0.15, 0.2) is 30.6 Å². The Morgan fingerprint density at radius 3 is 2.76 bits per heavy atom. The largest absolute Gasteiger partial charge is 0.376 e. The van der Waals surface area contributed by atoms with E-state index < -0.39 is 17.9 Å². The predicted molar refractivity (Wildman–Crippen MR) is 140 cm³/mol. The molecule has 0 spiro atoms. The number of anilines is 2. The number of nitrogens with zero attached hydrogens (tertiary/aromatic N) is 3. The molecule has 0 aliphatic heterocycles. The maximum absolute atomic E-state index is 15.8. The summed E-state index contributed by atoms with van der Waals surface area (Å²) >= 11 is 6.68. The van der Waals surface area contributed by atoms with Crippen LogP contribution >= 0.6 is 11.6 Å². The van der Waals surface area contributed by atoms with E-state index in [1.165, 1.54) is 0 Å². The number of benzene rings is 1. The van der Waals surface area contributed by atoms with Gasteiger partial charge in [-0.25, -0.2) is 13.3 Å². The quantitative estimate of drug-likeness (QED) is 0.273. The van der Waals surface area contributed by atoms with E-state index in [1.54, 1.807) is 29.0 Å². The Morgan fingerprint density at radius 1 is 1.30 bits per heavy atom. The Kier molecular flexibility index (Phi) is 5.83. The van der Waals surface area contributed by atoms with Gasteiger partial charge in [0.15, 0.2) is 11.6 Å². The van der Waals surface area contributed by atoms with Crippen molar-refractivity contribution in [2.45, 2.75) is 56.8 Å². The van der Waals surface area contributed by atoms with Crippen LogP contribution in [-0.2, 0) is 4.79 Å². The maximum Gasteiger partial charge on any atom is 0.231 e. The first-order valence-corrected chi connectivity index (χ1v) is 12.9. The van der Waals surface area contributed by atoms with Crippen molar-refractivity contribution in [1.29, 1.82) is 0 Å². The van der Waals surface area contributed by atoms with Gasteiger partial charge in [-0.1, -0.05) is 11.6 Å². The fourth-order valence-electron chi connectivity index (χ4n) is 5.35. The highest BCUT2D eigenvalue weighted by atomic mass is 35.5. The second-order valence-electron chi connectivity index (χ2n) is 10.4. The standard InChI is InChI=1S/C26H28ClF2N7O/c1-26(6-3-14(30-2)4-7-26)33-24-22(29)21(27)20(17-12-31-34-23(17)24)13-5-8-36-15(9-13)10-19(35-36)32-25(37)16-11-18(16)28/h5,8-10,12,14,16,18,30,33H,3-4,6-7,11H2,1-2H3,(H,31,34)(H,32,35,37)/t14?,16-,18+,26?/m1/s1. The molecule has 2 saturated carbocycles. The molecule has 6 rings (SSSR count). The molecule has 8 nitrogen and oxygen atoms in total. The minimum absolute atomic E-state index is 0.00373. The number of pyridine rings is 1. The summed E-state index contributed by atoms with van der Waals surface area (Å²) < 4.78 is 30.7. The minimum Gasteiger partial charge on any atom is -0.376 e. The molecule has 2 aliphatic rings. The number of hydrogen-bond acceptors (Lipinski definition) is 5. The molecular formula is C26H28ClF2N7O. The van der Waals surface area contributed by atoms with Crippen molar-refractivity contribution < 1.29 is 13.6 Å². The van der Waals surface area contributed by atoms with E-state index in [0.717, 1.165) is 25.7 Å². The van der Waals surface area contributed by atoms with E-state index in [-0.39, 0.29) is 22.9 Å². The molecule has 4 aromatic rings. The van der Waals surface area contributed by atoms with Crippen LogP contribution in [0.25, 0.3) is 27.5 Å². The van der Waals surface area contributed by atoms with E-state index in [0.29, 0.717) is 45.1 Å². The van der Waals surface area contributed by atoms with Gasteiger partial charge in [-0.2, -0.15) is 10.2 Å². The van der Waals surface area contributed by atoms with Crippen LogP contribution in [0.4, 0.5) is 20.3 Å². The molecule has 194 valence electrons. The van der Waals surface area contributed by atoms with Gasteiger partial charge in [-0.15, -0.1) is 0 Å². The molecule has 3 heterocycles. The molecule has 0 radical (unpaired) electrons. The Bertz CT molecular complexity index is 1510. The van der Waals surface area contributed by atoms with Gasteiger partial charge in [0.2, 0.25) is 5.91 Å². The summed E-state index contributed by atoms with van der Waals surface area (Å²) in [6, 6.07) is 5.76. The molecule has 1 amide bonds. The van der Waals surface area contributed by atoms with Crippen molar-refractivity contribution in [3.8, 4) is 11.1 Å². The van der Waals surface area contributed by atoms with Crippen molar-refractivity contribution in [2.75, 3.05) is 17.7 Å². The molecule has 0 bridgehead atoms. The highest BCUT2D eigenvalue weighted by molar-refractivity contribution is 6.36. The highest BCUT2D eigenvalue weighted by Crippen LogP contribution is 2.43. The number of hydrogen-bond donors (Lipinski definition) is 4. The Labute approximate surface area is 217 Å². The third kappa shape index (κ3) is 4.31. The maximum atomic E-state index is 15.8. The van der Waals surface area contributed by atoms with Crippen LogP contribution in [0.2, 0.25) is 5.02 Å². The smallest absolute Gasteiger partial charge is 0.231 e. The first-order valence-electron chi connectivity index (χ1n) is 12.5. The summed E-state index contributed by atoms with van der Waals surface area (Å²) in [6.07, 6.45) is 6.33. The number of halogens is 3. The van der Waals surface area contributed by atoms with Crippen LogP contribution in [-0.4, -0.2) is 50.5 Å². The summed E-state index contributed by atoms with van der Waals surface area (Å²) in [5.74, 6) is -1.19. The lowest BCUT2D eigenvalue weighted by molar-refractivity contribution is -0.117. The molecule has 4 N–H and O–H groups in total. The van der Waals surface area contributed by atoms with Gasteiger partial charge in [-0.3, -0.25) is 9.89 Å². The van der Waals surface area contributed by atoms with Gasteiger partial charge in [0.1, 0.15) is 6.17 Å². The third-order valence-corrected chi connectivity index (χ3v) is 8.12. The van der Waals surface area contributed by atoms with Crippen molar-refractivity contribution in [3.63, 3.8) is 0 Å². The van der Waals surface area contributed by atoms with E-state index in [9.17, 15) is 9.18 Å².